The summed E-state index contributed by atoms with van der Waals surface area (Å²) in [7, 11) is 3.44. The molecule has 0 atom stereocenters. The van der Waals surface area contributed by atoms with Crippen molar-refractivity contribution in [3.8, 4) is 17.4 Å². The van der Waals surface area contributed by atoms with Gasteiger partial charge in [0.1, 0.15) is 17.0 Å². The third-order valence-corrected chi connectivity index (χ3v) is 5.38. The van der Waals surface area contributed by atoms with Crippen LogP contribution in [0, 0.1) is 5.95 Å². The van der Waals surface area contributed by atoms with E-state index in [1.807, 2.05) is 41.9 Å². The van der Waals surface area contributed by atoms with Gasteiger partial charge < -0.3 is 14.0 Å². The summed E-state index contributed by atoms with van der Waals surface area (Å²) >= 11 is 0. The number of ether oxygens (including phenoxy) is 2. The summed E-state index contributed by atoms with van der Waals surface area (Å²) in [6.07, 6.45) is 1.71. The third kappa shape index (κ3) is 3.45. The van der Waals surface area contributed by atoms with E-state index < -0.39 is 5.95 Å². The highest BCUT2D eigenvalue weighted by molar-refractivity contribution is 6.07. The molecule has 32 heavy (non-hydrogen) atoms. The lowest BCUT2D eigenvalue weighted by molar-refractivity contribution is 0.414. The first-order chi connectivity index (χ1) is 15.5. The molecule has 3 heterocycles. The number of aromatic nitrogens is 4. The molecule has 0 saturated heterocycles. The molecule has 5 rings (SSSR count). The van der Waals surface area contributed by atoms with Crippen molar-refractivity contribution in [2.75, 3.05) is 7.11 Å². The molecular weight excluding hydrogens is 411 g/mol. The van der Waals surface area contributed by atoms with E-state index in [-0.39, 0.29) is 11.4 Å². The number of hydrogen-bond donors (Lipinski definition) is 0. The van der Waals surface area contributed by atoms with Gasteiger partial charge in [-0.3, -0.25) is 4.79 Å². The van der Waals surface area contributed by atoms with Crippen LogP contribution in [0.4, 0.5) is 4.39 Å². The SMILES string of the molecule is COc1ccc(Cn2ncc3c4ccc(Oc5cccc(F)n5)cc4n(C)c3c2=O)cc1. The van der Waals surface area contributed by atoms with Gasteiger partial charge in [-0.25, -0.2) is 4.68 Å². The van der Waals surface area contributed by atoms with Crippen molar-refractivity contribution in [3.05, 3.63) is 88.7 Å². The maximum absolute atomic E-state index is 13.4. The smallest absolute Gasteiger partial charge is 0.291 e. The first kappa shape index (κ1) is 19.7. The van der Waals surface area contributed by atoms with Crippen molar-refractivity contribution in [1.82, 2.24) is 19.3 Å². The first-order valence-corrected chi connectivity index (χ1v) is 9.95. The summed E-state index contributed by atoms with van der Waals surface area (Å²) in [6.45, 7) is 0.347. The van der Waals surface area contributed by atoms with Crippen LogP contribution in [0.1, 0.15) is 5.56 Å². The second kappa shape index (κ2) is 7.81. The molecule has 0 aliphatic rings. The third-order valence-electron chi connectivity index (χ3n) is 5.38. The summed E-state index contributed by atoms with van der Waals surface area (Å²) in [6, 6.07) is 17.3. The predicted molar refractivity (Wildman–Crippen MR) is 119 cm³/mol. The van der Waals surface area contributed by atoms with Crippen molar-refractivity contribution in [3.63, 3.8) is 0 Å². The van der Waals surface area contributed by atoms with Gasteiger partial charge in [-0.05, 0) is 35.9 Å². The largest absolute Gasteiger partial charge is 0.497 e. The predicted octanol–water partition coefficient (Wildman–Crippen LogP) is 4.27. The number of rotatable bonds is 5. The van der Waals surface area contributed by atoms with Crippen molar-refractivity contribution in [1.29, 1.82) is 0 Å². The minimum atomic E-state index is -0.614. The minimum absolute atomic E-state index is 0.159. The molecule has 0 amide bonds. The van der Waals surface area contributed by atoms with Gasteiger partial charge in [0, 0.05) is 30.0 Å². The zero-order valence-corrected chi connectivity index (χ0v) is 17.4. The summed E-state index contributed by atoms with van der Waals surface area (Å²) < 4.78 is 27.5. The lowest BCUT2D eigenvalue weighted by Crippen LogP contribution is -2.24. The summed E-state index contributed by atoms with van der Waals surface area (Å²) in [5.41, 5.74) is 2.10. The Bertz CT molecular complexity index is 1510. The molecule has 8 heteroatoms. The molecular formula is C24H19FN4O3. The fraction of sp³-hybridized carbons (Fsp3) is 0.125. The highest BCUT2D eigenvalue weighted by Crippen LogP contribution is 2.30. The van der Waals surface area contributed by atoms with Gasteiger partial charge in [-0.2, -0.15) is 14.5 Å². The standard InChI is InChI=1S/C24H19FN4O3/c1-28-20-12-17(32-22-5-3-4-21(25)27-22)10-11-18(20)19-13-26-29(24(30)23(19)28)14-15-6-8-16(31-2)9-7-15/h3-13H,14H2,1-2H3. The Labute approximate surface area is 182 Å². The number of halogens is 1. The van der Waals surface area contributed by atoms with Crippen LogP contribution in [-0.2, 0) is 13.6 Å². The molecule has 5 aromatic rings. The second-order valence-electron chi connectivity index (χ2n) is 7.36. The van der Waals surface area contributed by atoms with Crippen LogP contribution in [0.2, 0.25) is 0 Å². The highest BCUT2D eigenvalue weighted by Gasteiger charge is 2.15. The lowest BCUT2D eigenvalue weighted by atomic mass is 10.2. The average Bonchev–Trinajstić information content (AvgIpc) is 3.08. The van der Waals surface area contributed by atoms with Crippen molar-refractivity contribution in [2.24, 2.45) is 7.05 Å². The number of benzene rings is 2. The van der Waals surface area contributed by atoms with E-state index in [0.717, 1.165) is 27.6 Å². The Hall–Kier alpha value is -4.20. The van der Waals surface area contributed by atoms with Crippen LogP contribution in [-0.4, -0.2) is 26.4 Å². The van der Waals surface area contributed by atoms with E-state index in [1.54, 1.807) is 31.5 Å². The van der Waals surface area contributed by atoms with Gasteiger partial charge >= 0.3 is 0 Å². The quantitative estimate of drug-likeness (QED) is 0.390. The Balaban J connectivity index is 1.55. The molecule has 160 valence electrons. The molecule has 0 spiro atoms. The zero-order valence-electron chi connectivity index (χ0n) is 17.4. The molecule has 0 aliphatic heterocycles. The molecule has 0 aliphatic carbocycles. The normalized spacial score (nSPS) is 11.2. The monoisotopic (exact) mass is 430 g/mol. The highest BCUT2D eigenvalue weighted by atomic mass is 19.1. The van der Waals surface area contributed by atoms with Gasteiger partial charge in [0.15, 0.2) is 0 Å². The first-order valence-electron chi connectivity index (χ1n) is 9.95. The van der Waals surface area contributed by atoms with Crippen LogP contribution in [0.25, 0.3) is 21.8 Å². The molecule has 0 bridgehead atoms. The molecule has 3 aromatic heterocycles. The molecule has 0 saturated carbocycles. The fourth-order valence-corrected chi connectivity index (χ4v) is 3.78. The van der Waals surface area contributed by atoms with Crippen LogP contribution in [0.15, 0.2) is 71.7 Å². The fourth-order valence-electron chi connectivity index (χ4n) is 3.78. The number of fused-ring (bicyclic) bond motifs is 3. The average molecular weight is 430 g/mol. The number of hydrogen-bond acceptors (Lipinski definition) is 5. The topological polar surface area (TPSA) is 71.2 Å². The van der Waals surface area contributed by atoms with Gasteiger partial charge in [-0.1, -0.05) is 18.2 Å². The van der Waals surface area contributed by atoms with E-state index in [4.69, 9.17) is 9.47 Å². The van der Waals surface area contributed by atoms with Crippen molar-refractivity contribution < 1.29 is 13.9 Å². The van der Waals surface area contributed by atoms with Gasteiger partial charge in [0.2, 0.25) is 11.8 Å². The number of nitrogens with zero attached hydrogens (tertiary/aromatic N) is 4. The maximum atomic E-state index is 13.4. The second-order valence-corrected chi connectivity index (χ2v) is 7.36. The Kier molecular flexibility index (Phi) is 4.82. The maximum Gasteiger partial charge on any atom is 0.291 e. The molecule has 0 N–H and O–H groups in total. The zero-order chi connectivity index (χ0) is 22.2. The Morgan fingerprint density at radius 3 is 2.53 bits per heavy atom. The molecule has 2 aromatic carbocycles. The summed E-state index contributed by atoms with van der Waals surface area (Å²) in [5.74, 6) is 0.793. The van der Waals surface area contributed by atoms with E-state index in [0.29, 0.717) is 17.8 Å². The summed E-state index contributed by atoms with van der Waals surface area (Å²) in [4.78, 5) is 17.0. The van der Waals surface area contributed by atoms with E-state index in [9.17, 15) is 9.18 Å². The number of pyridine rings is 1. The van der Waals surface area contributed by atoms with Gasteiger partial charge in [0.05, 0.1) is 25.4 Å². The lowest BCUT2D eigenvalue weighted by Gasteiger charge is -2.07. The Morgan fingerprint density at radius 2 is 1.78 bits per heavy atom. The molecule has 0 fully saturated rings. The van der Waals surface area contributed by atoms with Gasteiger partial charge in [-0.15, -0.1) is 0 Å². The van der Waals surface area contributed by atoms with Crippen molar-refractivity contribution >= 4 is 21.8 Å². The minimum Gasteiger partial charge on any atom is -0.497 e. The molecule has 7 nitrogen and oxygen atoms in total. The van der Waals surface area contributed by atoms with Crippen LogP contribution >= 0.6 is 0 Å². The van der Waals surface area contributed by atoms with Crippen LogP contribution in [0.5, 0.6) is 17.4 Å². The van der Waals surface area contributed by atoms with E-state index in [2.05, 4.69) is 10.1 Å². The molecule has 0 unspecified atom stereocenters. The van der Waals surface area contributed by atoms with Crippen LogP contribution < -0.4 is 15.0 Å². The Morgan fingerprint density at radius 1 is 1.00 bits per heavy atom. The van der Waals surface area contributed by atoms with E-state index >= 15 is 0 Å². The number of methoxy groups -OCH3 is 1. The molecule has 0 radical (unpaired) electrons. The van der Waals surface area contributed by atoms with Gasteiger partial charge in [0.25, 0.3) is 5.56 Å². The number of aryl methyl sites for hydroxylation is 1. The van der Waals surface area contributed by atoms with Crippen LogP contribution in [0.3, 0.4) is 0 Å². The summed E-state index contributed by atoms with van der Waals surface area (Å²) in [5, 5.41) is 6.02. The van der Waals surface area contributed by atoms with Crippen molar-refractivity contribution in [2.45, 2.75) is 6.54 Å². The van der Waals surface area contributed by atoms with E-state index in [1.165, 1.54) is 16.8 Å².